The van der Waals surface area contributed by atoms with Crippen LogP contribution in [0.4, 0.5) is 10.1 Å². The zero-order chi connectivity index (χ0) is 19.5. The van der Waals surface area contributed by atoms with E-state index in [9.17, 15) is 23.9 Å². The van der Waals surface area contributed by atoms with E-state index >= 15 is 0 Å². The molecule has 4 rings (SSSR count). The first-order valence-electron chi connectivity index (χ1n) is 8.65. The Labute approximate surface area is 152 Å². The molecule has 2 heterocycles. The Morgan fingerprint density at radius 1 is 1.33 bits per heavy atom. The lowest BCUT2D eigenvalue weighted by molar-refractivity contribution is -0.140. The molecule has 1 unspecified atom stereocenters. The van der Waals surface area contributed by atoms with Crippen molar-refractivity contribution in [3.8, 4) is 5.75 Å². The molecule has 1 saturated heterocycles. The standard InChI is InChI=1S/C17H19FN4O5/c1-27-14-12-10(15(23)22(19)17(26)21(12)9-2-3-9)6-11(18)13(14)20-5-4-8(7-20)16(24)25/h6,8-9H,2-5,7,19H2,1H3,(H,24,25). The SMILES string of the molecule is COc1c(N2CCC(C(=O)O)C2)c(F)cc2c(=O)n(N)c(=O)n(C3CC3)c12. The summed E-state index contributed by atoms with van der Waals surface area (Å²) in [7, 11) is 1.33. The summed E-state index contributed by atoms with van der Waals surface area (Å²) in [4.78, 5) is 37.9. The molecule has 10 heteroatoms. The van der Waals surface area contributed by atoms with E-state index in [1.165, 1.54) is 11.7 Å². The van der Waals surface area contributed by atoms with Crippen LogP contribution in [0, 0.1) is 11.7 Å². The number of methoxy groups -OCH3 is 1. The Kier molecular flexibility index (Phi) is 3.86. The number of carboxylic acid groups (broad SMARTS) is 1. The Morgan fingerprint density at radius 2 is 2.04 bits per heavy atom. The van der Waals surface area contributed by atoms with Gasteiger partial charge in [0.2, 0.25) is 0 Å². The van der Waals surface area contributed by atoms with Crippen LogP contribution in [0.2, 0.25) is 0 Å². The highest BCUT2D eigenvalue weighted by Gasteiger charge is 2.35. The second-order valence-electron chi connectivity index (χ2n) is 6.97. The van der Waals surface area contributed by atoms with Gasteiger partial charge in [-0.25, -0.2) is 9.18 Å². The van der Waals surface area contributed by atoms with Gasteiger partial charge in [0.05, 0.1) is 18.4 Å². The molecule has 1 aromatic carbocycles. The van der Waals surface area contributed by atoms with Crippen LogP contribution in [0.3, 0.4) is 0 Å². The van der Waals surface area contributed by atoms with E-state index in [0.717, 1.165) is 18.9 Å². The van der Waals surface area contributed by atoms with Gasteiger partial charge in [0.15, 0.2) is 11.6 Å². The van der Waals surface area contributed by atoms with Crippen molar-refractivity contribution in [3.05, 3.63) is 32.7 Å². The third kappa shape index (κ3) is 2.54. The molecule has 1 atom stereocenters. The van der Waals surface area contributed by atoms with Gasteiger partial charge in [-0.2, -0.15) is 4.68 Å². The molecule has 3 N–H and O–H groups in total. The molecule has 9 nitrogen and oxygen atoms in total. The van der Waals surface area contributed by atoms with E-state index in [1.54, 1.807) is 4.90 Å². The molecule has 2 fully saturated rings. The minimum absolute atomic E-state index is 0.0453. The minimum Gasteiger partial charge on any atom is -0.492 e. The van der Waals surface area contributed by atoms with Crippen LogP contribution in [0.5, 0.6) is 5.75 Å². The summed E-state index contributed by atoms with van der Waals surface area (Å²) in [6.07, 6.45) is 1.86. The minimum atomic E-state index is -0.946. The molecule has 1 saturated carbocycles. The third-order valence-electron chi connectivity index (χ3n) is 5.25. The van der Waals surface area contributed by atoms with Crippen LogP contribution in [-0.4, -0.2) is 40.5 Å². The lowest BCUT2D eigenvalue weighted by atomic mass is 10.1. The maximum Gasteiger partial charge on any atom is 0.350 e. The Balaban J connectivity index is 2.02. The maximum absolute atomic E-state index is 15.0. The second kappa shape index (κ2) is 6.00. The first kappa shape index (κ1) is 17.4. The number of anilines is 1. The van der Waals surface area contributed by atoms with Crippen molar-refractivity contribution in [3.63, 3.8) is 0 Å². The first-order valence-corrected chi connectivity index (χ1v) is 8.65. The number of nitrogen functional groups attached to an aromatic ring is 1. The van der Waals surface area contributed by atoms with Gasteiger partial charge in [-0.3, -0.25) is 14.2 Å². The van der Waals surface area contributed by atoms with Crippen molar-refractivity contribution in [2.75, 3.05) is 30.9 Å². The van der Waals surface area contributed by atoms with E-state index < -0.39 is 29.0 Å². The molecule has 0 amide bonds. The predicted molar refractivity (Wildman–Crippen MR) is 95.4 cm³/mol. The van der Waals surface area contributed by atoms with Gasteiger partial charge in [0, 0.05) is 19.1 Å². The van der Waals surface area contributed by atoms with Crippen molar-refractivity contribution in [1.82, 2.24) is 9.24 Å². The van der Waals surface area contributed by atoms with Crippen LogP contribution < -0.4 is 26.7 Å². The summed E-state index contributed by atoms with van der Waals surface area (Å²) in [6.45, 7) is 0.451. The Morgan fingerprint density at radius 3 is 2.59 bits per heavy atom. The largest absolute Gasteiger partial charge is 0.492 e. The number of halogens is 1. The van der Waals surface area contributed by atoms with Crippen molar-refractivity contribution < 1.29 is 19.0 Å². The molecule has 1 aliphatic heterocycles. The van der Waals surface area contributed by atoms with E-state index in [-0.39, 0.29) is 34.9 Å². The molecule has 0 radical (unpaired) electrons. The average Bonchev–Trinajstić information content (AvgIpc) is 3.35. The molecule has 1 aromatic heterocycles. The van der Waals surface area contributed by atoms with Gasteiger partial charge in [-0.05, 0) is 25.3 Å². The number of ether oxygens (including phenoxy) is 1. The normalized spacial score (nSPS) is 19.6. The van der Waals surface area contributed by atoms with Crippen molar-refractivity contribution in [2.45, 2.75) is 25.3 Å². The van der Waals surface area contributed by atoms with E-state index in [1.807, 2.05) is 0 Å². The lowest BCUT2D eigenvalue weighted by Gasteiger charge is -2.24. The van der Waals surface area contributed by atoms with E-state index in [2.05, 4.69) is 0 Å². The average molecular weight is 378 g/mol. The van der Waals surface area contributed by atoms with E-state index in [0.29, 0.717) is 17.6 Å². The molecular formula is C17H19FN4O5. The number of aliphatic carboxylic acids is 1. The Hall–Kier alpha value is -3.04. The quantitative estimate of drug-likeness (QED) is 0.733. The number of hydrogen-bond donors (Lipinski definition) is 2. The number of carbonyl (C=O) groups is 1. The van der Waals surface area contributed by atoms with Crippen molar-refractivity contribution in [2.24, 2.45) is 5.92 Å². The highest BCUT2D eigenvalue weighted by molar-refractivity contribution is 5.91. The van der Waals surface area contributed by atoms with Crippen molar-refractivity contribution >= 4 is 22.6 Å². The number of nitrogens with two attached hydrogens (primary N) is 1. The summed E-state index contributed by atoms with van der Waals surface area (Å²) in [5, 5.41) is 9.17. The number of aromatic nitrogens is 2. The number of fused-ring (bicyclic) bond motifs is 1. The molecule has 144 valence electrons. The molecule has 27 heavy (non-hydrogen) atoms. The zero-order valence-electron chi connectivity index (χ0n) is 14.6. The van der Waals surface area contributed by atoms with Gasteiger partial charge < -0.3 is 20.6 Å². The highest BCUT2D eigenvalue weighted by atomic mass is 19.1. The zero-order valence-corrected chi connectivity index (χ0v) is 14.6. The van der Waals surface area contributed by atoms with Crippen LogP contribution in [-0.2, 0) is 4.79 Å². The highest BCUT2D eigenvalue weighted by Crippen LogP contribution is 2.43. The monoisotopic (exact) mass is 378 g/mol. The summed E-state index contributed by atoms with van der Waals surface area (Å²) in [5.74, 6) is 3.37. The molecule has 0 spiro atoms. The third-order valence-corrected chi connectivity index (χ3v) is 5.25. The summed E-state index contributed by atoms with van der Waals surface area (Å²) >= 11 is 0. The first-order chi connectivity index (χ1) is 12.8. The van der Waals surface area contributed by atoms with Crippen LogP contribution in [0.1, 0.15) is 25.3 Å². The molecule has 2 aliphatic rings. The summed E-state index contributed by atoms with van der Waals surface area (Å²) in [5.41, 5.74) is -1.22. The van der Waals surface area contributed by atoms with Crippen LogP contribution in [0.25, 0.3) is 10.9 Å². The smallest absolute Gasteiger partial charge is 0.350 e. The number of rotatable bonds is 4. The van der Waals surface area contributed by atoms with Gasteiger partial charge in [-0.15, -0.1) is 0 Å². The predicted octanol–water partition coefficient (Wildman–Crippen LogP) is 0.271. The number of hydrogen-bond acceptors (Lipinski definition) is 6. The summed E-state index contributed by atoms with van der Waals surface area (Å²) in [6, 6.07) is 0.915. The fraction of sp³-hybridized carbons (Fsp3) is 0.471. The fourth-order valence-electron chi connectivity index (χ4n) is 3.76. The van der Waals surface area contributed by atoms with Gasteiger partial charge in [0.1, 0.15) is 11.2 Å². The number of carboxylic acids is 1. The van der Waals surface area contributed by atoms with Gasteiger partial charge in [-0.1, -0.05) is 0 Å². The van der Waals surface area contributed by atoms with E-state index in [4.69, 9.17) is 10.6 Å². The van der Waals surface area contributed by atoms with Crippen LogP contribution >= 0.6 is 0 Å². The molecule has 2 aromatic rings. The maximum atomic E-state index is 15.0. The lowest BCUT2D eigenvalue weighted by Crippen LogP contribution is -2.44. The van der Waals surface area contributed by atoms with Crippen LogP contribution in [0.15, 0.2) is 15.7 Å². The number of benzene rings is 1. The topological polar surface area (TPSA) is 120 Å². The molecule has 1 aliphatic carbocycles. The summed E-state index contributed by atoms with van der Waals surface area (Å²) < 4.78 is 22.3. The van der Waals surface area contributed by atoms with Crippen molar-refractivity contribution in [1.29, 1.82) is 0 Å². The Bertz CT molecular complexity index is 1070. The van der Waals surface area contributed by atoms with Gasteiger partial charge in [0.25, 0.3) is 5.56 Å². The fourth-order valence-corrected chi connectivity index (χ4v) is 3.76. The number of nitrogens with zero attached hydrogens (tertiary/aromatic N) is 3. The second-order valence-corrected chi connectivity index (χ2v) is 6.97. The molecule has 0 bridgehead atoms. The van der Waals surface area contributed by atoms with Gasteiger partial charge >= 0.3 is 11.7 Å². The molecular weight excluding hydrogens is 359 g/mol.